The Kier molecular flexibility index (Phi) is 1.85. The van der Waals surface area contributed by atoms with Crippen LogP contribution in [0.5, 0.6) is 0 Å². The molecule has 1 aliphatic rings. The Morgan fingerprint density at radius 3 is 3.00 bits per heavy atom. The summed E-state index contributed by atoms with van der Waals surface area (Å²) in [6, 6.07) is 0. The highest BCUT2D eigenvalue weighted by Crippen LogP contribution is 2.30. The van der Waals surface area contributed by atoms with Crippen molar-refractivity contribution in [2.45, 2.75) is 12.5 Å². The highest BCUT2D eigenvalue weighted by atomic mass is 16.5. The minimum atomic E-state index is -0.0894. The molecule has 2 aromatic rings. The maximum atomic E-state index is 11.0. The minimum Gasteiger partial charge on any atom is -0.376 e. The summed E-state index contributed by atoms with van der Waals surface area (Å²) in [7, 11) is 0. The van der Waals surface area contributed by atoms with Crippen LogP contribution >= 0.6 is 0 Å². The molecule has 0 radical (unpaired) electrons. The van der Waals surface area contributed by atoms with Gasteiger partial charge in [-0.2, -0.15) is 0 Å². The molecule has 0 unspecified atom stereocenters. The van der Waals surface area contributed by atoms with E-state index in [1.165, 1.54) is 6.33 Å². The van der Waals surface area contributed by atoms with Gasteiger partial charge in [0, 0.05) is 23.3 Å². The number of carbonyl (C=O) groups excluding carboxylic acids is 1. The van der Waals surface area contributed by atoms with Crippen molar-refractivity contribution in [2.75, 3.05) is 13.2 Å². The highest BCUT2D eigenvalue weighted by molar-refractivity contribution is 5.95. The van der Waals surface area contributed by atoms with Gasteiger partial charge in [-0.05, 0) is 6.92 Å². The number of aromatic nitrogens is 3. The monoisotopic (exact) mass is 217 g/mol. The van der Waals surface area contributed by atoms with Gasteiger partial charge < -0.3 is 9.30 Å². The van der Waals surface area contributed by atoms with Crippen LogP contribution < -0.4 is 0 Å². The molecule has 5 heteroatoms. The standard InChI is InChI=1S/C11H11N3O2/c1-11(5-16-6-11)14-3-8(4-15)9-2-12-7-13-10(9)14/h2-4,7H,5-6H2,1H3. The summed E-state index contributed by atoms with van der Waals surface area (Å²) in [6.45, 7) is 3.39. The number of rotatable bonds is 2. The highest BCUT2D eigenvalue weighted by Gasteiger charge is 2.36. The summed E-state index contributed by atoms with van der Waals surface area (Å²) in [4.78, 5) is 19.1. The molecule has 0 bridgehead atoms. The first-order valence-corrected chi connectivity index (χ1v) is 5.09. The van der Waals surface area contributed by atoms with Crippen molar-refractivity contribution in [3.63, 3.8) is 0 Å². The molecule has 3 heterocycles. The Morgan fingerprint density at radius 2 is 2.38 bits per heavy atom. The van der Waals surface area contributed by atoms with Crippen LogP contribution in [-0.2, 0) is 10.3 Å². The van der Waals surface area contributed by atoms with Gasteiger partial charge in [-0.3, -0.25) is 4.79 Å². The number of ether oxygens (including phenoxy) is 1. The van der Waals surface area contributed by atoms with E-state index in [0.717, 1.165) is 17.3 Å². The molecule has 0 saturated carbocycles. The van der Waals surface area contributed by atoms with Crippen LogP contribution in [0.2, 0.25) is 0 Å². The van der Waals surface area contributed by atoms with Crippen LogP contribution in [-0.4, -0.2) is 34.0 Å². The van der Waals surface area contributed by atoms with Gasteiger partial charge in [-0.15, -0.1) is 0 Å². The predicted octanol–water partition coefficient (Wildman–Crippen LogP) is 0.989. The lowest BCUT2D eigenvalue weighted by molar-refractivity contribution is -0.0876. The molecule has 1 aliphatic heterocycles. The summed E-state index contributed by atoms with van der Waals surface area (Å²) in [5.74, 6) is 0. The van der Waals surface area contributed by atoms with Crippen molar-refractivity contribution in [3.05, 3.63) is 24.3 Å². The Balaban J connectivity index is 2.28. The van der Waals surface area contributed by atoms with Crippen molar-refractivity contribution in [1.29, 1.82) is 0 Å². The SMILES string of the molecule is CC1(n2cc(C=O)c3cncnc32)COC1. The molecule has 0 amide bonds. The molecule has 0 spiro atoms. The average molecular weight is 217 g/mol. The fraction of sp³-hybridized carbons (Fsp3) is 0.364. The summed E-state index contributed by atoms with van der Waals surface area (Å²) < 4.78 is 7.24. The normalized spacial score (nSPS) is 18.3. The van der Waals surface area contributed by atoms with E-state index in [-0.39, 0.29) is 5.54 Å². The number of hydrogen-bond donors (Lipinski definition) is 0. The van der Waals surface area contributed by atoms with E-state index in [4.69, 9.17) is 4.74 Å². The average Bonchev–Trinajstić information content (AvgIpc) is 2.65. The maximum Gasteiger partial charge on any atom is 0.152 e. The predicted molar refractivity (Wildman–Crippen MR) is 57.4 cm³/mol. The lowest BCUT2D eigenvalue weighted by Gasteiger charge is -2.39. The summed E-state index contributed by atoms with van der Waals surface area (Å²) >= 11 is 0. The van der Waals surface area contributed by atoms with Crippen LogP contribution in [0.15, 0.2) is 18.7 Å². The second-order valence-corrected chi connectivity index (χ2v) is 4.32. The number of nitrogens with zero attached hydrogens (tertiary/aromatic N) is 3. The van der Waals surface area contributed by atoms with Gasteiger partial charge in [0.25, 0.3) is 0 Å². The van der Waals surface area contributed by atoms with Gasteiger partial charge in [0.1, 0.15) is 12.0 Å². The van der Waals surface area contributed by atoms with Crippen molar-refractivity contribution < 1.29 is 9.53 Å². The molecule has 0 N–H and O–H groups in total. The quantitative estimate of drug-likeness (QED) is 0.704. The van der Waals surface area contributed by atoms with Gasteiger partial charge in [0.2, 0.25) is 0 Å². The summed E-state index contributed by atoms with van der Waals surface area (Å²) in [5, 5.41) is 0.797. The molecule has 1 saturated heterocycles. The lowest BCUT2D eigenvalue weighted by atomic mass is 10.0. The van der Waals surface area contributed by atoms with Gasteiger partial charge in [-0.1, -0.05) is 0 Å². The lowest BCUT2D eigenvalue weighted by Crippen LogP contribution is -2.48. The van der Waals surface area contributed by atoms with Crippen molar-refractivity contribution in [2.24, 2.45) is 0 Å². The topological polar surface area (TPSA) is 57.0 Å². The first-order chi connectivity index (χ1) is 7.74. The molecule has 0 aromatic carbocycles. The van der Waals surface area contributed by atoms with Crippen LogP contribution in [0.25, 0.3) is 11.0 Å². The third kappa shape index (κ3) is 1.12. The van der Waals surface area contributed by atoms with Gasteiger partial charge in [-0.25, -0.2) is 9.97 Å². The van der Waals surface area contributed by atoms with E-state index in [2.05, 4.69) is 16.9 Å². The van der Waals surface area contributed by atoms with Crippen LogP contribution in [0.3, 0.4) is 0 Å². The van der Waals surface area contributed by atoms with E-state index in [0.29, 0.717) is 18.8 Å². The second-order valence-electron chi connectivity index (χ2n) is 4.32. The van der Waals surface area contributed by atoms with Crippen molar-refractivity contribution in [1.82, 2.24) is 14.5 Å². The zero-order chi connectivity index (χ0) is 11.2. The van der Waals surface area contributed by atoms with Crippen LogP contribution in [0.1, 0.15) is 17.3 Å². The van der Waals surface area contributed by atoms with E-state index in [1.54, 1.807) is 6.20 Å². The second kappa shape index (κ2) is 3.12. The van der Waals surface area contributed by atoms with Gasteiger partial charge >= 0.3 is 0 Å². The van der Waals surface area contributed by atoms with Gasteiger partial charge in [0.15, 0.2) is 6.29 Å². The Hall–Kier alpha value is -1.75. The first kappa shape index (κ1) is 9.47. The molecule has 0 atom stereocenters. The number of hydrogen-bond acceptors (Lipinski definition) is 4. The molecule has 0 aliphatic carbocycles. The summed E-state index contributed by atoms with van der Waals surface area (Å²) in [5.41, 5.74) is 1.33. The summed E-state index contributed by atoms with van der Waals surface area (Å²) in [6.07, 6.45) is 5.84. The van der Waals surface area contributed by atoms with E-state index in [9.17, 15) is 4.79 Å². The Bertz CT molecular complexity index is 557. The zero-order valence-electron chi connectivity index (χ0n) is 8.88. The van der Waals surface area contributed by atoms with E-state index >= 15 is 0 Å². The largest absolute Gasteiger partial charge is 0.376 e. The first-order valence-electron chi connectivity index (χ1n) is 5.09. The smallest absolute Gasteiger partial charge is 0.152 e. The van der Waals surface area contributed by atoms with Crippen molar-refractivity contribution >= 4 is 17.3 Å². The molecule has 5 nitrogen and oxygen atoms in total. The van der Waals surface area contributed by atoms with E-state index in [1.807, 2.05) is 10.8 Å². The van der Waals surface area contributed by atoms with Crippen molar-refractivity contribution in [3.8, 4) is 0 Å². The van der Waals surface area contributed by atoms with Gasteiger partial charge in [0.05, 0.1) is 18.8 Å². The third-order valence-corrected chi connectivity index (χ3v) is 3.03. The molecule has 2 aromatic heterocycles. The molecule has 16 heavy (non-hydrogen) atoms. The third-order valence-electron chi connectivity index (χ3n) is 3.03. The number of fused-ring (bicyclic) bond motifs is 1. The molecular formula is C11H11N3O2. The molecule has 3 rings (SSSR count). The Labute approximate surface area is 92.1 Å². The fourth-order valence-electron chi connectivity index (χ4n) is 2.03. The minimum absolute atomic E-state index is 0.0894. The van der Waals surface area contributed by atoms with Crippen LogP contribution in [0.4, 0.5) is 0 Å². The molecule has 82 valence electrons. The number of aldehydes is 1. The molecule has 1 fully saturated rings. The van der Waals surface area contributed by atoms with Crippen LogP contribution in [0, 0.1) is 0 Å². The fourth-order valence-corrected chi connectivity index (χ4v) is 2.03. The number of carbonyl (C=O) groups is 1. The molecular weight excluding hydrogens is 206 g/mol. The Morgan fingerprint density at radius 1 is 1.56 bits per heavy atom. The maximum absolute atomic E-state index is 11.0. The zero-order valence-corrected chi connectivity index (χ0v) is 8.88. The van der Waals surface area contributed by atoms with E-state index < -0.39 is 0 Å².